The lowest BCUT2D eigenvalue weighted by Crippen LogP contribution is -1.99. The number of rotatable bonds is 3. The molecule has 1 aromatic carbocycles. The molecule has 3 aromatic rings. The quantitative estimate of drug-likeness (QED) is 0.761. The van der Waals surface area contributed by atoms with Crippen molar-refractivity contribution in [2.75, 3.05) is 0 Å². The highest BCUT2D eigenvalue weighted by Crippen LogP contribution is 2.13. The lowest BCUT2D eigenvalue weighted by atomic mass is 10.2. The number of aliphatic hydroxyl groups is 1. The van der Waals surface area contributed by atoms with Gasteiger partial charge in [-0.3, -0.25) is 4.98 Å². The summed E-state index contributed by atoms with van der Waals surface area (Å²) in [6.07, 6.45) is 3.90. The van der Waals surface area contributed by atoms with Gasteiger partial charge in [0.15, 0.2) is 0 Å². The third-order valence-electron chi connectivity index (χ3n) is 2.99. The molecule has 0 fully saturated rings. The molecular formula is C15H14N2O. The topological polar surface area (TPSA) is 38.0 Å². The Morgan fingerprint density at radius 3 is 2.78 bits per heavy atom. The van der Waals surface area contributed by atoms with Gasteiger partial charge in [0.05, 0.1) is 24.4 Å². The first kappa shape index (κ1) is 11.0. The molecule has 0 amide bonds. The van der Waals surface area contributed by atoms with Crippen LogP contribution >= 0.6 is 0 Å². The van der Waals surface area contributed by atoms with Crippen LogP contribution in [0.4, 0.5) is 0 Å². The van der Waals surface area contributed by atoms with Gasteiger partial charge in [-0.05, 0) is 23.8 Å². The number of para-hydroxylation sites is 1. The second-order valence-corrected chi connectivity index (χ2v) is 4.35. The maximum absolute atomic E-state index is 9.03. The van der Waals surface area contributed by atoms with Gasteiger partial charge >= 0.3 is 0 Å². The van der Waals surface area contributed by atoms with Crippen LogP contribution < -0.4 is 0 Å². The van der Waals surface area contributed by atoms with Crippen LogP contribution in [0, 0.1) is 0 Å². The highest BCUT2D eigenvalue weighted by Gasteiger charge is 2.00. The second-order valence-electron chi connectivity index (χ2n) is 4.35. The van der Waals surface area contributed by atoms with Gasteiger partial charge in [0.25, 0.3) is 0 Å². The van der Waals surface area contributed by atoms with E-state index in [0.717, 1.165) is 28.7 Å². The predicted octanol–water partition coefficient (Wildman–Crippen LogP) is 2.58. The predicted molar refractivity (Wildman–Crippen MR) is 71.2 cm³/mol. The lowest BCUT2D eigenvalue weighted by molar-refractivity contribution is 0.282. The van der Waals surface area contributed by atoms with E-state index >= 15 is 0 Å². The van der Waals surface area contributed by atoms with Crippen LogP contribution in [0.5, 0.6) is 0 Å². The Bertz CT molecular complexity index is 673. The molecule has 18 heavy (non-hydrogen) atoms. The number of hydrogen-bond donors (Lipinski definition) is 1. The van der Waals surface area contributed by atoms with Crippen LogP contribution in [0.15, 0.2) is 54.9 Å². The lowest BCUT2D eigenvalue weighted by Gasteiger charge is -2.04. The summed E-state index contributed by atoms with van der Waals surface area (Å²) in [5.41, 5.74) is 2.97. The van der Waals surface area contributed by atoms with E-state index in [1.165, 1.54) is 0 Å². The molecular weight excluding hydrogens is 224 g/mol. The van der Waals surface area contributed by atoms with Crippen molar-refractivity contribution in [2.24, 2.45) is 0 Å². The molecule has 90 valence electrons. The first-order chi connectivity index (χ1) is 8.85. The van der Waals surface area contributed by atoms with Gasteiger partial charge < -0.3 is 9.67 Å². The van der Waals surface area contributed by atoms with Gasteiger partial charge in [-0.2, -0.15) is 0 Å². The largest absolute Gasteiger partial charge is 0.392 e. The van der Waals surface area contributed by atoms with Gasteiger partial charge in [-0.15, -0.1) is 0 Å². The van der Waals surface area contributed by atoms with Crippen LogP contribution in [0.2, 0.25) is 0 Å². The van der Waals surface area contributed by atoms with E-state index in [0.29, 0.717) is 0 Å². The van der Waals surface area contributed by atoms with Crippen molar-refractivity contribution in [2.45, 2.75) is 13.2 Å². The highest BCUT2D eigenvalue weighted by atomic mass is 16.3. The van der Waals surface area contributed by atoms with Crippen LogP contribution in [0.1, 0.15) is 11.3 Å². The summed E-state index contributed by atoms with van der Waals surface area (Å²) < 4.78 is 2.03. The SMILES string of the molecule is OCc1ccn(Cc2ccc3ccccc3n2)c1. The van der Waals surface area contributed by atoms with E-state index in [-0.39, 0.29) is 6.61 Å². The number of nitrogens with zero attached hydrogens (tertiary/aromatic N) is 2. The normalized spacial score (nSPS) is 10.9. The van der Waals surface area contributed by atoms with Crippen LogP contribution in [0.3, 0.4) is 0 Å². The Hall–Kier alpha value is -2.13. The molecule has 0 aliphatic heterocycles. The second kappa shape index (κ2) is 4.63. The number of hydrogen-bond acceptors (Lipinski definition) is 2. The summed E-state index contributed by atoms with van der Waals surface area (Å²) in [5, 5.41) is 10.2. The summed E-state index contributed by atoms with van der Waals surface area (Å²) >= 11 is 0. The Labute approximate surface area is 105 Å². The van der Waals surface area contributed by atoms with E-state index in [2.05, 4.69) is 17.1 Å². The first-order valence-electron chi connectivity index (χ1n) is 5.95. The minimum absolute atomic E-state index is 0.0815. The molecule has 0 aliphatic rings. The highest BCUT2D eigenvalue weighted by molar-refractivity contribution is 5.78. The molecule has 2 aromatic heterocycles. The standard InChI is InChI=1S/C15H14N2O/c18-11-12-7-8-17(9-12)10-14-6-5-13-3-1-2-4-15(13)16-14/h1-9,18H,10-11H2. The maximum Gasteiger partial charge on any atom is 0.0706 e. The Kier molecular flexibility index (Phi) is 2.82. The molecule has 0 spiro atoms. The summed E-state index contributed by atoms with van der Waals surface area (Å²) in [6, 6.07) is 14.2. The molecule has 3 rings (SSSR count). The van der Waals surface area contributed by atoms with Gasteiger partial charge in [0, 0.05) is 17.8 Å². The van der Waals surface area contributed by atoms with E-state index in [4.69, 9.17) is 5.11 Å². The van der Waals surface area contributed by atoms with Gasteiger partial charge in [0.2, 0.25) is 0 Å². The molecule has 0 atom stereocenters. The van der Waals surface area contributed by atoms with Crippen molar-refractivity contribution in [3.8, 4) is 0 Å². The fraction of sp³-hybridized carbons (Fsp3) is 0.133. The minimum atomic E-state index is 0.0815. The molecule has 0 saturated carbocycles. The average molecular weight is 238 g/mol. The third-order valence-corrected chi connectivity index (χ3v) is 2.99. The van der Waals surface area contributed by atoms with Crippen molar-refractivity contribution >= 4 is 10.9 Å². The molecule has 1 N–H and O–H groups in total. The van der Waals surface area contributed by atoms with Gasteiger partial charge in [0.1, 0.15) is 0 Å². The summed E-state index contributed by atoms with van der Waals surface area (Å²) in [5.74, 6) is 0. The van der Waals surface area contributed by atoms with Crippen LogP contribution in [-0.4, -0.2) is 14.7 Å². The number of benzene rings is 1. The van der Waals surface area contributed by atoms with Gasteiger partial charge in [-0.1, -0.05) is 24.3 Å². The molecule has 0 bridgehead atoms. The van der Waals surface area contributed by atoms with Crippen molar-refractivity contribution in [3.05, 3.63) is 66.1 Å². The Morgan fingerprint density at radius 1 is 1.06 bits per heavy atom. The molecule has 3 heteroatoms. The first-order valence-corrected chi connectivity index (χ1v) is 5.95. The van der Waals surface area contributed by atoms with E-state index in [9.17, 15) is 0 Å². The monoisotopic (exact) mass is 238 g/mol. The molecule has 2 heterocycles. The summed E-state index contributed by atoms with van der Waals surface area (Å²) in [7, 11) is 0. The van der Waals surface area contributed by atoms with E-state index in [1.54, 1.807) is 0 Å². The fourth-order valence-corrected chi connectivity index (χ4v) is 2.07. The number of fused-ring (bicyclic) bond motifs is 1. The maximum atomic E-state index is 9.03. The van der Waals surface area contributed by atoms with Crippen molar-refractivity contribution < 1.29 is 5.11 Å². The van der Waals surface area contributed by atoms with Crippen molar-refractivity contribution in [1.29, 1.82) is 0 Å². The van der Waals surface area contributed by atoms with E-state index in [1.807, 2.05) is 47.3 Å². The Balaban J connectivity index is 1.90. The zero-order valence-electron chi connectivity index (χ0n) is 9.95. The van der Waals surface area contributed by atoms with Crippen LogP contribution in [0.25, 0.3) is 10.9 Å². The average Bonchev–Trinajstić information content (AvgIpc) is 2.86. The minimum Gasteiger partial charge on any atom is -0.392 e. The third kappa shape index (κ3) is 2.13. The fourth-order valence-electron chi connectivity index (χ4n) is 2.07. The molecule has 0 unspecified atom stereocenters. The van der Waals surface area contributed by atoms with Gasteiger partial charge in [-0.25, -0.2) is 0 Å². The van der Waals surface area contributed by atoms with E-state index < -0.39 is 0 Å². The molecule has 0 saturated heterocycles. The molecule has 3 nitrogen and oxygen atoms in total. The number of aliphatic hydroxyl groups excluding tert-OH is 1. The number of pyridine rings is 1. The zero-order chi connectivity index (χ0) is 12.4. The van der Waals surface area contributed by atoms with Crippen molar-refractivity contribution in [3.63, 3.8) is 0 Å². The molecule has 0 aliphatic carbocycles. The summed E-state index contributed by atoms with van der Waals surface area (Å²) in [6.45, 7) is 0.809. The molecule has 0 radical (unpaired) electrons. The zero-order valence-corrected chi connectivity index (χ0v) is 9.95. The van der Waals surface area contributed by atoms with Crippen molar-refractivity contribution in [1.82, 2.24) is 9.55 Å². The number of aromatic nitrogens is 2. The summed E-state index contributed by atoms with van der Waals surface area (Å²) in [4.78, 5) is 4.62. The van der Waals surface area contributed by atoms with Crippen LogP contribution in [-0.2, 0) is 13.2 Å². The Morgan fingerprint density at radius 2 is 1.94 bits per heavy atom. The smallest absolute Gasteiger partial charge is 0.0706 e.